The molecule has 1 heterocycles. The largest absolute Gasteiger partial charge is 0.396 e. The molecule has 0 aliphatic carbocycles. The molecular weight excluding hydrogens is 236 g/mol. The van der Waals surface area contributed by atoms with Gasteiger partial charge in [0, 0.05) is 19.7 Å². The van der Waals surface area contributed by atoms with Crippen molar-refractivity contribution < 1.29 is 5.11 Å². The zero-order valence-electron chi connectivity index (χ0n) is 11.8. The van der Waals surface area contributed by atoms with Gasteiger partial charge < -0.3 is 10.4 Å². The highest BCUT2D eigenvalue weighted by Crippen LogP contribution is 2.13. The number of aliphatic hydroxyl groups excluding tert-OH is 1. The maximum absolute atomic E-state index is 8.70. The van der Waals surface area contributed by atoms with Crippen molar-refractivity contribution in [2.75, 3.05) is 26.2 Å². The van der Waals surface area contributed by atoms with Gasteiger partial charge in [-0.25, -0.2) is 0 Å². The van der Waals surface area contributed by atoms with E-state index in [1.807, 2.05) is 0 Å². The molecule has 0 aromatic heterocycles. The molecule has 3 nitrogen and oxygen atoms in total. The third-order valence-corrected chi connectivity index (χ3v) is 3.72. The molecule has 1 aliphatic heterocycles. The summed E-state index contributed by atoms with van der Waals surface area (Å²) in [5.41, 5.74) is 2.76. The Labute approximate surface area is 116 Å². The Hall–Kier alpha value is -0.900. The van der Waals surface area contributed by atoms with Crippen LogP contribution >= 0.6 is 0 Å². The fraction of sp³-hybridized carbons (Fsp3) is 0.625. The molecule has 2 rings (SSSR count). The maximum Gasteiger partial charge on any atom is 0.0431 e. The van der Waals surface area contributed by atoms with E-state index in [0.717, 1.165) is 32.5 Å². The van der Waals surface area contributed by atoms with Crippen molar-refractivity contribution in [1.29, 1.82) is 0 Å². The van der Waals surface area contributed by atoms with Gasteiger partial charge in [0.15, 0.2) is 0 Å². The lowest BCUT2D eigenvalue weighted by atomic mass is 10.1. The summed E-state index contributed by atoms with van der Waals surface area (Å²) in [7, 11) is 0. The van der Waals surface area contributed by atoms with Crippen LogP contribution in [0.2, 0.25) is 0 Å². The van der Waals surface area contributed by atoms with Gasteiger partial charge in [0.25, 0.3) is 0 Å². The van der Waals surface area contributed by atoms with Crippen LogP contribution in [0.5, 0.6) is 0 Å². The van der Waals surface area contributed by atoms with Crippen molar-refractivity contribution in [2.45, 2.75) is 38.8 Å². The summed E-state index contributed by atoms with van der Waals surface area (Å²) >= 11 is 0. The molecule has 1 saturated heterocycles. The summed E-state index contributed by atoms with van der Waals surface area (Å²) in [6, 6.07) is 8.96. The molecule has 0 radical (unpaired) electrons. The lowest BCUT2D eigenvalue weighted by Crippen LogP contribution is -2.18. The second-order valence-electron chi connectivity index (χ2n) is 5.41. The Morgan fingerprint density at radius 1 is 1.00 bits per heavy atom. The fourth-order valence-electron chi connectivity index (χ4n) is 2.56. The van der Waals surface area contributed by atoms with E-state index in [9.17, 15) is 0 Å². The van der Waals surface area contributed by atoms with Crippen LogP contribution in [-0.4, -0.2) is 36.2 Å². The van der Waals surface area contributed by atoms with Crippen LogP contribution in [0.15, 0.2) is 24.3 Å². The van der Waals surface area contributed by atoms with Crippen LogP contribution in [0.3, 0.4) is 0 Å². The SMILES string of the molecule is OCCCCNCc1ccc(CN2CCCC2)cc1. The van der Waals surface area contributed by atoms with Gasteiger partial charge in [-0.3, -0.25) is 4.90 Å². The summed E-state index contributed by atoms with van der Waals surface area (Å²) in [5, 5.41) is 12.1. The molecule has 19 heavy (non-hydrogen) atoms. The summed E-state index contributed by atoms with van der Waals surface area (Å²) in [4.78, 5) is 2.53. The van der Waals surface area contributed by atoms with Gasteiger partial charge in [0.05, 0.1) is 0 Å². The third kappa shape index (κ3) is 5.31. The maximum atomic E-state index is 8.70. The smallest absolute Gasteiger partial charge is 0.0431 e. The summed E-state index contributed by atoms with van der Waals surface area (Å²) in [6.45, 7) is 5.82. The quantitative estimate of drug-likeness (QED) is 0.705. The molecule has 2 N–H and O–H groups in total. The molecule has 3 heteroatoms. The van der Waals surface area contributed by atoms with Crippen LogP contribution in [0.1, 0.15) is 36.8 Å². The van der Waals surface area contributed by atoms with Crippen molar-refractivity contribution in [2.24, 2.45) is 0 Å². The van der Waals surface area contributed by atoms with Gasteiger partial charge in [0.2, 0.25) is 0 Å². The molecule has 1 fully saturated rings. The molecule has 0 spiro atoms. The number of aliphatic hydroxyl groups is 1. The van der Waals surface area contributed by atoms with Crippen molar-refractivity contribution >= 4 is 0 Å². The van der Waals surface area contributed by atoms with Gasteiger partial charge in [-0.05, 0) is 56.4 Å². The van der Waals surface area contributed by atoms with Crippen molar-refractivity contribution in [3.8, 4) is 0 Å². The van der Waals surface area contributed by atoms with E-state index in [4.69, 9.17) is 5.11 Å². The highest BCUT2D eigenvalue weighted by atomic mass is 16.2. The second kappa shape index (κ2) is 8.31. The number of likely N-dealkylation sites (tertiary alicyclic amines) is 1. The first-order valence-electron chi connectivity index (χ1n) is 7.50. The minimum Gasteiger partial charge on any atom is -0.396 e. The van der Waals surface area contributed by atoms with Gasteiger partial charge in [0.1, 0.15) is 0 Å². The first kappa shape index (κ1) is 14.5. The van der Waals surface area contributed by atoms with Crippen LogP contribution in [0, 0.1) is 0 Å². The minimum absolute atomic E-state index is 0.298. The topological polar surface area (TPSA) is 35.5 Å². The Bertz CT molecular complexity index is 344. The van der Waals surface area contributed by atoms with Crippen LogP contribution in [0.4, 0.5) is 0 Å². The molecule has 0 unspecified atom stereocenters. The Balaban J connectivity index is 1.68. The number of nitrogens with zero attached hydrogens (tertiary/aromatic N) is 1. The summed E-state index contributed by atoms with van der Waals surface area (Å²) < 4.78 is 0. The monoisotopic (exact) mass is 262 g/mol. The normalized spacial score (nSPS) is 16.1. The van der Waals surface area contributed by atoms with Crippen molar-refractivity contribution in [3.05, 3.63) is 35.4 Å². The Morgan fingerprint density at radius 2 is 1.68 bits per heavy atom. The summed E-state index contributed by atoms with van der Waals surface area (Å²) in [6.07, 6.45) is 4.65. The lowest BCUT2D eigenvalue weighted by Gasteiger charge is -2.14. The third-order valence-electron chi connectivity index (χ3n) is 3.72. The summed E-state index contributed by atoms with van der Waals surface area (Å²) in [5.74, 6) is 0. The first-order valence-corrected chi connectivity index (χ1v) is 7.50. The Morgan fingerprint density at radius 3 is 2.37 bits per heavy atom. The van der Waals surface area contributed by atoms with Gasteiger partial charge >= 0.3 is 0 Å². The van der Waals surface area contributed by atoms with E-state index in [2.05, 4.69) is 34.5 Å². The van der Waals surface area contributed by atoms with Gasteiger partial charge in [-0.15, -0.1) is 0 Å². The predicted octanol–water partition coefficient (Wildman–Crippen LogP) is 2.14. The zero-order valence-corrected chi connectivity index (χ0v) is 11.8. The molecule has 1 aromatic rings. The average molecular weight is 262 g/mol. The standard InChI is InChI=1S/C16H26N2O/c19-12-4-1-9-17-13-15-5-7-16(8-6-15)14-18-10-2-3-11-18/h5-8,17,19H,1-4,9-14H2. The molecular formula is C16H26N2O. The molecule has 0 atom stereocenters. The van der Waals surface area contributed by atoms with Crippen LogP contribution in [0.25, 0.3) is 0 Å². The highest BCUT2D eigenvalue weighted by Gasteiger charge is 2.11. The molecule has 0 saturated carbocycles. The highest BCUT2D eigenvalue weighted by molar-refractivity contribution is 5.22. The van der Waals surface area contributed by atoms with E-state index in [1.165, 1.54) is 37.1 Å². The number of benzene rings is 1. The number of hydrogen-bond donors (Lipinski definition) is 2. The average Bonchev–Trinajstić information content (AvgIpc) is 2.93. The number of rotatable bonds is 8. The molecule has 0 amide bonds. The predicted molar refractivity (Wildman–Crippen MR) is 79.0 cm³/mol. The van der Waals surface area contributed by atoms with E-state index in [1.54, 1.807) is 0 Å². The molecule has 106 valence electrons. The first-order chi connectivity index (χ1) is 9.38. The Kier molecular flexibility index (Phi) is 6.34. The molecule has 1 aliphatic rings. The van der Waals surface area contributed by atoms with E-state index in [-0.39, 0.29) is 0 Å². The van der Waals surface area contributed by atoms with E-state index in [0.29, 0.717) is 6.61 Å². The molecule has 1 aromatic carbocycles. The van der Waals surface area contributed by atoms with Gasteiger partial charge in [-0.1, -0.05) is 24.3 Å². The lowest BCUT2D eigenvalue weighted by molar-refractivity contribution is 0.283. The number of nitrogens with one attached hydrogen (secondary N) is 1. The van der Waals surface area contributed by atoms with Crippen molar-refractivity contribution in [3.63, 3.8) is 0 Å². The number of hydrogen-bond acceptors (Lipinski definition) is 3. The zero-order chi connectivity index (χ0) is 13.3. The second-order valence-corrected chi connectivity index (χ2v) is 5.41. The number of unbranched alkanes of at least 4 members (excludes halogenated alkanes) is 1. The molecule has 0 bridgehead atoms. The van der Waals surface area contributed by atoms with E-state index < -0.39 is 0 Å². The van der Waals surface area contributed by atoms with Crippen LogP contribution < -0.4 is 5.32 Å². The minimum atomic E-state index is 0.298. The van der Waals surface area contributed by atoms with Crippen LogP contribution in [-0.2, 0) is 13.1 Å². The van der Waals surface area contributed by atoms with E-state index >= 15 is 0 Å². The van der Waals surface area contributed by atoms with Gasteiger partial charge in [-0.2, -0.15) is 0 Å². The van der Waals surface area contributed by atoms with Crippen molar-refractivity contribution in [1.82, 2.24) is 10.2 Å². The fourth-order valence-corrected chi connectivity index (χ4v) is 2.56.